The van der Waals surface area contributed by atoms with E-state index in [2.05, 4.69) is 15.5 Å². The van der Waals surface area contributed by atoms with Gasteiger partial charge in [0, 0.05) is 43.3 Å². The zero-order valence-corrected chi connectivity index (χ0v) is 15.7. The monoisotopic (exact) mass is 365 g/mol. The summed E-state index contributed by atoms with van der Waals surface area (Å²) in [4.78, 5) is 26.8. The van der Waals surface area contributed by atoms with E-state index < -0.39 is 0 Å². The summed E-state index contributed by atoms with van der Waals surface area (Å²) < 4.78 is 0. The number of amides is 2. The summed E-state index contributed by atoms with van der Waals surface area (Å²) in [7, 11) is 0. The van der Waals surface area contributed by atoms with Gasteiger partial charge >= 0.3 is 0 Å². The first-order valence-electron chi connectivity index (χ1n) is 9.18. The van der Waals surface area contributed by atoms with Crippen LogP contribution >= 0.6 is 11.6 Å². The maximum absolute atomic E-state index is 12.6. The minimum atomic E-state index is -0.0840. The molecule has 0 unspecified atom stereocenters. The Bertz CT molecular complexity index is 586. The molecule has 2 amide bonds. The molecule has 2 N–H and O–H groups in total. The van der Waals surface area contributed by atoms with E-state index in [9.17, 15) is 9.59 Å². The molecule has 1 aliphatic rings. The first-order chi connectivity index (χ1) is 12.2. The molecular formula is C19H28ClN3O2. The van der Waals surface area contributed by atoms with E-state index in [0.29, 0.717) is 36.5 Å². The van der Waals surface area contributed by atoms with Gasteiger partial charge < -0.3 is 15.5 Å². The lowest BCUT2D eigenvalue weighted by Gasteiger charge is -2.30. The maximum atomic E-state index is 12.6. The van der Waals surface area contributed by atoms with Crippen molar-refractivity contribution in [3.05, 3.63) is 23.8 Å². The van der Waals surface area contributed by atoms with Crippen molar-refractivity contribution in [2.75, 3.05) is 35.7 Å². The third-order valence-electron chi connectivity index (χ3n) is 4.29. The van der Waals surface area contributed by atoms with E-state index >= 15 is 0 Å². The van der Waals surface area contributed by atoms with E-state index in [0.717, 1.165) is 38.0 Å². The SMILES string of the molecule is CCCNC(=O)c1cc(NC(=O)CCCCl)ccc1N1CCCCC1. The molecule has 5 nitrogen and oxygen atoms in total. The molecule has 0 atom stereocenters. The van der Waals surface area contributed by atoms with E-state index in [1.54, 1.807) is 6.07 Å². The summed E-state index contributed by atoms with van der Waals surface area (Å²) >= 11 is 5.63. The lowest BCUT2D eigenvalue weighted by Crippen LogP contribution is -2.33. The maximum Gasteiger partial charge on any atom is 0.253 e. The smallest absolute Gasteiger partial charge is 0.253 e. The minimum absolute atomic E-state index is 0.0775. The number of anilines is 2. The number of alkyl halides is 1. The molecule has 1 heterocycles. The fourth-order valence-electron chi connectivity index (χ4n) is 2.99. The molecule has 0 saturated carbocycles. The van der Waals surface area contributed by atoms with Crippen molar-refractivity contribution in [3.8, 4) is 0 Å². The topological polar surface area (TPSA) is 61.4 Å². The third-order valence-corrected chi connectivity index (χ3v) is 4.56. The minimum Gasteiger partial charge on any atom is -0.371 e. The van der Waals surface area contributed by atoms with E-state index in [1.807, 2.05) is 19.1 Å². The zero-order chi connectivity index (χ0) is 18.1. The van der Waals surface area contributed by atoms with Crippen LogP contribution in [0.4, 0.5) is 11.4 Å². The van der Waals surface area contributed by atoms with Crippen LogP contribution in [0.5, 0.6) is 0 Å². The Morgan fingerprint density at radius 3 is 2.64 bits per heavy atom. The van der Waals surface area contributed by atoms with Crippen molar-refractivity contribution in [3.63, 3.8) is 0 Å². The van der Waals surface area contributed by atoms with Crippen LogP contribution in [0.1, 0.15) is 55.8 Å². The Morgan fingerprint density at radius 2 is 1.96 bits per heavy atom. The van der Waals surface area contributed by atoms with Gasteiger partial charge in [0.05, 0.1) is 5.56 Å². The zero-order valence-electron chi connectivity index (χ0n) is 14.9. The van der Waals surface area contributed by atoms with Crippen LogP contribution in [-0.4, -0.2) is 37.3 Å². The molecule has 1 aromatic carbocycles. The molecule has 1 saturated heterocycles. The highest BCUT2D eigenvalue weighted by atomic mass is 35.5. The first kappa shape index (κ1) is 19.6. The van der Waals surface area contributed by atoms with Crippen LogP contribution in [0, 0.1) is 0 Å². The normalized spacial score (nSPS) is 14.2. The fraction of sp³-hybridized carbons (Fsp3) is 0.579. The van der Waals surface area contributed by atoms with Gasteiger partial charge in [0.2, 0.25) is 5.91 Å². The molecule has 1 aromatic rings. The molecular weight excluding hydrogens is 338 g/mol. The number of hydrogen-bond donors (Lipinski definition) is 2. The number of carbonyl (C=O) groups excluding carboxylic acids is 2. The molecule has 1 fully saturated rings. The Hall–Kier alpha value is -1.75. The highest BCUT2D eigenvalue weighted by molar-refractivity contribution is 6.18. The van der Waals surface area contributed by atoms with Crippen LogP contribution in [0.15, 0.2) is 18.2 Å². The van der Waals surface area contributed by atoms with Gasteiger partial charge in [-0.1, -0.05) is 6.92 Å². The second kappa shape index (κ2) is 10.3. The summed E-state index contributed by atoms with van der Waals surface area (Å²) in [6.45, 7) is 4.61. The van der Waals surface area contributed by atoms with Crippen LogP contribution in [0.2, 0.25) is 0 Å². The van der Waals surface area contributed by atoms with Gasteiger partial charge in [0.25, 0.3) is 5.91 Å². The number of hydrogen-bond acceptors (Lipinski definition) is 3. The molecule has 0 aliphatic carbocycles. The molecule has 1 aliphatic heterocycles. The average Bonchev–Trinajstić information content (AvgIpc) is 2.65. The number of benzene rings is 1. The quantitative estimate of drug-likeness (QED) is 0.689. The number of nitrogens with zero attached hydrogens (tertiary/aromatic N) is 1. The fourth-order valence-corrected chi connectivity index (χ4v) is 3.12. The summed E-state index contributed by atoms with van der Waals surface area (Å²) in [5.41, 5.74) is 2.24. The Balaban J connectivity index is 2.20. The molecule has 0 bridgehead atoms. The van der Waals surface area contributed by atoms with Crippen molar-refractivity contribution < 1.29 is 9.59 Å². The molecule has 2 rings (SSSR count). The number of rotatable bonds is 8. The molecule has 0 spiro atoms. The van der Waals surface area contributed by atoms with Gasteiger partial charge in [-0.25, -0.2) is 0 Å². The Labute approximate surface area is 155 Å². The van der Waals surface area contributed by atoms with Gasteiger partial charge in [0.15, 0.2) is 0 Å². The Morgan fingerprint density at radius 1 is 1.20 bits per heavy atom. The molecule has 0 radical (unpaired) electrons. The summed E-state index contributed by atoms with van der Waals surface area (Å²) in [6, 6.07) is 5.61. The lowest BCUT2D eigenvalue weighted by atomic mass is 10.1. The van der Waals surface area contributed by atoms with Gasteiger partial charge in [-0.2, -0.15) is 0 Å². The van der Waals surface area contributed by atoms with Crippen molar-refractivity contribution in [1.29, 1.82) is 0 Å². The second-order valence-electron chi connectivity index (χ2n) is 6.38. The van der Waals surface area contributed by atoms with E-state index in [1.165, 1.54) is 6.42 Å². The first-order valence-corrected chi connectivity index (χ1v) is 9.72. The standard InChI is InChI=1S/C19H28ClN3O2/c1-2-11-21-19(25)16-14-15(22-18(24)7-6-10-20)8-9-17(16)23-12-4-3-5-13-23/h8-9,14H,2-7,10-13H2,1H3,(H,21,25)(H,22,24). The number of piperidine rings is 1. The van der Waals surface area contributed by atoms with Gasteiger partial charge in [0.1, 0.15) is 0 Å². The van der Waals surface area contributed by atoms with Crippen molar-refractivity contribution >= 4 is 34.8 Å². The number of halogens is 1. The van der Waals surface area contributed by atoms with Crippen LogP contribution in [-0.2, 0) is 4.79 Å². The molecule has 138 valence electrons. The lowest BCUT2D eigenvalue weighted by molar-refractivity contribution is -0.116. The van der Waals surface area contributed by atoms with Crippen LogP contribution in [0.25, 0.3) is 0 Å². The molecule has 0 aromatic heterocycles. The number of carbonyl (C=O) groups is 2. The third kappa shape index (κ3) is 5.92. The highest BCUT2D eigenvalue weighted by Gasteiger charge is 2.19. The van der Waals surface area contributed by atoms with Gasteiger partial charge in [-0.15, -0.1) is 11.6 Å². The predicted molar refractivity (Wildman–Crippen MR) is 104 cm³/mol. The molecule has 6 heteroatoms. The second-order valence-corrected chi connectivity index (χ2v) is 6.75. The highest BCUT2D eigenvalue weighted by Crippen LogP contribution is 2.27. The van der Waals surface area contributed by atoms with Crippen molar-refractivity contribution in [1.82, 2.24) is 5.32 Å². The predicted octanol–water partition coefficient (Wildman–Crippen LogP) is 3.77. The number of nitrogens with one attached hydrogen (secondary N) is 2. The van der Waals surface area contributed by atoms with Gasteiger partial charge in [-0.05, 0) is 50.3 Å². The van der Waals surface area contributed by atoms with E-state index in [4.69, 9.17) is 11.6 Å². The summed E-state index contributed by atoms with van der Waals surface area (Å²) in [5.74, 6) is 0.303. The average molecular weight is 366 g/mol. The summed E-state index contributed by atoms with van der Waals surface area (Å²) in [6.07, 6.45) is 5.44. The largest absolute Gasteiger partial charge is 0.371 e. The Kier molecular flexibility index (Phi) is 8.06. The van der Waals surface area contributed by atoms with Crippen LogP contribution < -0.4 is 15.5 Å². The van der Waals surface area contributed by atoms with Crippen molar-refractivity contribution in [2.45, 2.75) is 45.4 Å². The van der Waals surface area contributed by atoms with E-state index in [-0.39, 0.29) is 11.8 Å². The van der Waals surface area contributed by atoms with Crippen molar-refractivity contribution in [2.24, 2.45) is 0 Å². The molecule has 25 heavy (non-hydrogen) atoms. The van der Waals surface area contributed by atoms with Gasteiger partial charge in [-0.3, -0.25) is 9.59 Å². The summed E-state index contributed by atoms with van der Waals surface area (Å²) in [5, 5.41) is 5.81. The van der Waals surface area contributed by atoms with Crippen LogP contribution in [0.3, 0.4) is 0 Å².